The molecule has 0 spiro atoms. The maximum absolute atomic E-state index is 13.4. The van der Waals surface area contributed by atoms with E-state index >= 15 is 0 Å². The summed E-state index contributed by atoms with van der Waals surface area (Å²) in [5.74, 6) is 1.80. The fraction of sp³-hybridized carbons (Fsp3) is 0.296. The van der Waals surface area contributed by atoms with E-state index in [9.17, 15) is 13.2 Å². The normalized spacial score (nSPS) is 15.0. The van der Waals surface area contributed by atoms with E-state index in [0.717, 1.165) is 11.1 Å². The average molecular weight is 526 g/mol. The van der Waals surface area contributed by atoms with Crippen molar-refractivity contribution in [1.82, 2.24) is 9.62 Å². The lowest BCUT2D eigenvalue weighted by atomic mass is 9.92. The standard InChI is InChI=1S/C27H31N3O6S/c1-4-36-21-12-10-20(11-13-21)29-27(31)30-15-14-19-16-25(34-2)26(35-3)17-23(19)24(30)18-28-37(32,33)22-8-6-5-7-9-22/h5-13,16-17,24,28H,4,14-15,18H2,1-3H3,(H,29,31)/t24-/m1/s1. The number of rotatable bonds is 9. The van der Waals surface area contributed by atoms with Gasteiger partial charge in [-0.15, -0.1) is 0 Å². The molecule has 0 bridgehead atoms. The van der Waals surface area contributed by atoms with Gasteiger partial charge in [0.05, 0.1) is 31.8 Å². The Morgan fingerprint density at radius 3 is 2.32 bits per heavy atom. The Labute approximate surface area is 217 Å². The van der Waals surface area contributed by atoms with Crippen LogP contribution < -0.4 is 24.2 Å². The zero-order chi connectivity index (χ0) is 26.4. The Morgan fingerprint density at radius 2 is 1.68 bits per heavy atom. The van der Waals surface area contributed by atoms with Crippen LogP contribution in [0.15, 0.2) is 71.6 Å². The average Bonchev–Trinajstić information content (AvgIpc) is 2.92. The van der Waals surface area contributed by atoms with Crippen LogP contribution in [0.1, 0.15) is 24.1 Å². The minimum Gasteiger partial charge on any atom is -0.494 e. The van der Waals surface area contributed by atoms with Gasteiger partial charge in [-0.1, -0.05) is 18.2 Å². The Bertz CT molecular complexity index is 1330. The van der Waals surface area contributed by atoms with E-state index in [1.807, 2.05) is 19.1 Å². The number of sulfonamides is 1. The monoisotopic (exact) mass is 525 g/mol. The second-order valence-corrected chi connectivity index (χ2v) is 10.2. The largest absolute Gasteiger partial charge is 0.494 e. The van der Waals surface area contributed by atoms with Crippen molar-refractivity contribution in [3.63, 3.8) is 0 Å². The van der Waals surface area contributed by atoms with Gasteiger partial charge in [-0.05, 0) is 73.0 Å². The topological polar surface area (TPSA) is 106 Å². The predicted octanol–water partition coefficient (Wildman–Crippen LogP) is 4.21. The molecule has 10 heteroatoms. The first-order valence-electron chi connectivity index (χ1n) is 12.0. The van der Waals surface area contributed by atoms with E-state index in [2.05, 4.69) is 10.0 Å². The molecule has 9 nitrogen and oxygen atoms in total. The molecule has 0 radical (unpaired) electrons. The number of carbonyl (C=O) groups excluding carboxylic acids is 1. The maximum Gasteiger partial charge on any atom is 0.322 e. The number of hydrogen-bond donors (Lipinski definition) is 2. The minimum absolute atomic E-state index is 0.0175. The molecule has 1 aliphatic heterocycles. The Hall–Kier alpha value is -3.76. The first-order valence-corrected chi connectivity index (χ1v) is 13.4. The van der Waals surface area contributed by atoms with Crippen molar-refractivity contribution in [2.75, 3.05) is 39.2 Å². The molecule has 0 fully saturated rings. The summed E-state index contributed by atoms with van der Waals surface area (Å²) in [6.07, 6.45) is 0.578. The van der Waals surface area contributed by atoms with E-state index in [1.54, 1.807) is 54.5 Å². The maximum atomic E-state index is 13.4. The van der Waals surface area contributed by atoms with Crippen molar-refractivity contribution in [1.29, 1.82) is 0 Å². The molecule has 0 aromatic heterocycles. The number of carbonyl (C=O) groups is 1. The number of nitrogens with zero attached hydrogens (tertiary/aromatic N) is 1. The van der Waals surface area contributed by atoms with Crippen molar-refractivity contribution >= 4 is 21.7 Å². The van der Waals surface area contributed by atoms with Crippen molar-refractivity contribution in [2.24, 2.45) is 0 Å². The number of benzene rings is 3. The molecule has 0 unspecified atom stereocenters. The quantitative estimate of drug-likeness (QED) is 0.434. The van der Waals surface area contributed by atoms with Crippen LogP contribution in [-0.2, 0) is 16.4 Å². The molecule has 37 heavy (non-hydrogen) atoms. The lowest BCUT2D eigenvalue weighted by molar-refractivity contribution is 0.183. The molecular formula is C27H31N3O6S. The van der Waals surface area contributed by atoms with Crippen LogP contribution in [0.25, 0.3) is 0 Å². The third kappa shape index (κ3) is 5.98. The van der Waals surface area contributed by atoms with E-state index in [0.29, 0.717) is 42.5 Å². The second kappa shape index (κ2) is 11.5. The molecule has 3 aromatic carbocycles. The third-order valence-corrected chi connectivity index (χ3v) is 7.64. The lowest BCUT2D eigenvalue weighted by Gasteiger charge is -2.37. The second-order valence-electron chi connectivity index (χ2n) is 8.42. The Morgan fingerprint density at radius 1 is 1.00 bits per heavy atom. The number of hydrogen-bond acceptors (Lipinski definition) is 6. The van der Waals surface area contributed by atoms with Gasteiger partial charge < -0.3 is 24.4 Å². The highest BCUT2D eigenvalue weighted by atomic mass is 32.2. The number of amides is 2. The fourth-order valence-corrected chi connectivity index (χ4v) is 5.42. The van der Waals surface area contributed by atoms with Crippen molar-refractivity contribution in [3.05, 3.63) is 77.9 Å². The number of ether oxygens (including phenoxy) is 3. The number of urea groups is 1. The van der Waals surface area contributed by atoms with Gasteiger partial charge in [0.1, 0.15) is 5.75 Å². The van der Waals surface area contributed by atoms with Crippen molar-refractivity contribution in [2.45, 2.75) is 24.3 Å². The number of anilines is 1. The lowest BCUT2D eigenvalue weighted by Crippen LogP contribution is -2.46. The summed E-state index contributed by atoms with van der Waals surface area (Å²) in [5.41, 5.74) is 2.36. The van der Waals surface area contributed by atoms with Crippen LogP contribution in [0.4, 0.5) is 10.5 Å². The van der Waals surface area contributed by atoms with Gasteiger partial charge in [-0.2, -0.15) is 0 Å². The molecule has 1 aliphatic rings. The summed E-state index contributed by atoms with van der Waals surface area (Å²) in [5, 5.41) is 2.92. The summed E-state index contributed by atoms with van der Waals surface area (Å²) in [4.78, 5) is 15.2. The fourth-order valence-electron chi connectivity index (χ4n) is 4.36. The van der Waals surface area contributed by atoms with Crippen LogP contribution in [0, 0.1) is 0 Å². The summed E-state index contributed by atoms with van der Waals surface area (Å²) in [6, 6.07) is 18.0. The highest BCUT2D eigenvalue weighted by Crippen LogP contribution is 2.38. The molecule has 3 aromatic rings. The number of methoxy groups -OCH3 is 2. The number of fused-ring (bicyclic) bond motifs is 1. The summed E-state index contributed by atoms with van der Waals surface area (Å²) in [7, 11) is -0.684. The first-order chi connectivity index (χ1) is 17.9. The molecule has 0 saturated carbocycles. The van der Waals surface area contributed by atoms with Gasteiger partial charge in [-0.25, -0.2) is 17.9 Å². The van der Waals surface area contributed by atoms with E-state index in [4.69, 9.17) is 14.2 Å². The van der Waals surface area contributed by atoms with Crippen molar-refractivity contribution in [3.8, 4) is 17.2 Å². The SMILES string of the molecule is CCOc1ccc(NC(=O)N2CCc3cc(OC)c(OC)cc3[C@H]2CNS(=O)(=O)c2ccccc2)cc1. The number of nitrogens with one attached hydrogen (secondary N) is 2. The molecule has 2 amide bonds. The highest BCUT2D eigenvalue weighted by molar-refractivity contribution is 7.89. The molecule has 0 aliphatic carbocycles. The zero-order valence-corrected chi connectivity index (χ0v) is 21.9. The Kier molecular flexibility index (Phi) is 8.20. The Balaban J connectivity index is 1.63. The van der Waals surface area contributed by atoms with Crippen LogP contribution in [0.2, 0.25) is 0 Å². The zero-order valence-electron chi connectivity index (χ0n) is 21.1. The van der Waals surface area contributed by atoms with Crippen LogP contribution in [0.3, 0.4) is 0 Å². The van der Waals surface area contributed by atoms with Gasteiger partial charge >= 0.3 is 6.03 Å². The van der Waals surface area contributed by atoms with Crippen LogP contribution in [0.5, 0.6) is 17.2 Å². The third-order valence-electron chi connectivity index (χ3n) is 6.20. The molecule has 2 N–H and O–H groups in total. The molecule has 196 valence electrons. The van der Waals surface area contributed by atoms with Gasteiger partial charge in [0.25, 0.3) is 0 Å². The highest BCUT2D eigenvalue weighted by Gasteiger charge is 2.33. The van der Waals surface area contributed by atoms with Gasteiger partial charge in [0.15, 0.2) is 11.5 Å². The van der Waals surface area contributed by atoms with Crippen molar-refractivity contribution < 1.29 is 27.4 Å². The summed E-state index contributed by atoms with van der Waals surface area (Å²) >= 11 is 0. The predicted molar refractivity (Wildman–Crippen MR) is 141 cm³/mol. The van der Waals surface area contributed by atoms with Crippen LogP contribution >= 0.6 is 0 Å². The molecular weight excluding hydrogens is 494 g/mol. The molecule has 0 saturated heterocycles. The smallest absolute Gasteiger partial charge is 0.322 e. The summed E-state index contributed by atoms with van der Waals surface area (Å²) in [6.45, 7) is 2.83. The molecule has 1 heterocycles. The molecule has 4 rings (SSSR count). The van der Waals surface area contributed by atoms with E-state index in [-0.39, 0.29) is 17.5 Å². The first kappa shape index (κ1) is 26.3. The van der Waals surface area contributed by atoms with E-state index < -0.39 is 16.1 Å². The van der Waals surface area contributed by atoms with Crippen LogP contribution in [-0.4, -0.2) is 53.3 Å². The minimum atomic E-state index is -3.79. The van der Waals surface area contributed by atoms with Gasteiger partial charge in [0, 0.05) is 18.8 Å². The molecule has 1 atom stereocenters. The van der Waals surface area contributed by atoms with E-state index in [1.165, 1.54) is 19.2 Å². The van der Waals surface area contributed by atoms with Gasteiger partial charge in [-0.3, -0.25) is 0 Å². The summed E-state index contributed by atoms with van der Waals surface area (Å²) < 4.78 is 45.0. The van der Waals surface area contributed by atoms with Gasteiger partial charge in [0.2, 0.25) is 10.0 Å².